The van der Waals surface area contributed by atoms with Crippen molar-refractivity contribution in [3.63, 3.8) is 0 Å². The van der Waals surface area contributed by atoms with Gasteiger partial charge in [0, 0.05) is 21.7 Å². The van der Waals surface area contributed by atoms with E-state index in [9.17, 15) is 32.3 Å². The number of aromatic nitrogens is 1. The highest BCUT2D eigenvalue weighted by Gasteiger charge is 2.69. The fourth-order valence-corrected chi connectivity index (χ4v) is 11.4. The number of H-pyrrole nitrogens is 1. The Morgan fingerprint density at radius 3 is 2.47 bits per heavy atom. The molecule has 8 nitrogen and oxygen atoms in total. The number of halogens is 5. The number of anilines is 2. The summed E-state index contributed by atoms with van der Waals surface area (Å²) < 4.78 is 46.4. The van der Waals surface area contributed by atoms with Gasteiger partial charge < -0.3 is 15.0 Å². The van der Waals surface area contributed by atoms with E-state index < -0.39 is 41.3 Å². The molecule has 7 atom stereocenters. The lowest BCUT2D eigenvalue weighted by Crippen LogP contribution is -2.42. The number of thioether (sulfide) groups is 1. The third kappa shape index (κ3) is 5.45. The number of amides is 3. The second kappa shape index (κ2) is 11.9. The molecule has 2 saturated carbocycles. The number of carbonyl (C=O) groups excluding carboxylic acids is 3. The molecule has 0 radical (unpaired) electrons. The Morgan fingerprint density at radius 2 is 1.71 bits per heavy atom. The van der Waals surface area contributed by atoms with E-state index in [2.05, 4.69) is 10.3 Å². The van der Waals surface area contributed by atoms with Gasteiger partial charge in [-0.1, -0.05) is 52.7 Å². The molecule has 1 aromatic heterocycles. The minimum absolute atomic E-state index is 0.0812. The van der Waals surface area contributed by atoms with Crippen molar-refractivity contribution in [3.05, 3.63) is 102 Å². The van der Waals surface area contributed by atoms with Crippen molar-refractivity contribution in [1.82, 2.24) is 4.98 Å². The summed E-state index contributed by atoms with van der Waals surface area (Å²) in [5, 5.41) is 3.96. The zero-order chi connectivity index (χ0) is 34.4. The summed E-state index contributed by atoms with van der Waals surface area (Å²) in [6.45, 7) is -0.296. The molecule has 0 spiro atoms. The maximum atomic E-state index is 14.0. The lowest BCUT2D eigenvalue weighted by Gasteiger charge is -2.43. The van der Waals surface area contributed by atoms with Gasteiger partial charge in [0.25, 0.3) is 5.91 Å². The number of rotatable bonds is 6. The van der Waals surface area contributed by atoms with E-state index in [1.54, 1.807) is 24.3 Å². The van der Waals surface area contributed by atoms with Gasteiger partial charge >= 0.3 is 11.0 Å². The fourth-order valence-electron chi connectivity index (χ4n) is 8.18. The molecule has 252 valence electrons. The summed E-state index contributed by atoms with van der Waals surface area (Å²) in [5.41, 5.74) is 0.267. The van der Waals surface area contributed by atoms with Crippen LogP contribution in [0, 0.1) is 29.6 Å². The summed E-state index contributed by atoms with van der Waals surface area (Å²) in [6, 6.07) is 16.3. The molecule has 3 fully saturated rings. The zero-order valence-electron chi connectivity index (χ0n) is 25.0. The lowest BCUT2D eigenvalue weighted by molar-refractivity contribution is -0.137. The molecule has 1 saturated heterocycles. The number of imide groups is 1. The lowest BCUT2D eigenvalue weighted by atomic mass is 9.68. The third-order valence-electron chi connectivity index (χ3n) is 9.95. The Labute approximate surface area is 294 Å². The molecule has 3 amide bonds. The summed E-state index contributed by atoms with van der Waals surface area (Å²) >= 11 is 14.6. The van der Waals surface area contributed by atoms with Crippen LogP contribution < -0.4 is 19.8 Å². The van der Waals surface area contributed by atoms with Gasteiger partial charge in [0.1, 0.15) is 5.75 Å². The molecular formula is C34H24Cl2F3N3O5S2. The second-order valence-electron chi connectivity index (χ2n) is 12.6. The first kappa shape index (κ1) is 32.4. The van der Waals surface area contributed by atoms with Crippen LogP contribution in [0.3, 0.4) is 0 Å². The Hall–Kier alpha value is -3.78. The van der Waals surface area contributed by atoms with Crippen molar-refractivity contribution >= 4 is 75.4 Å². The number of hydrogen-bond donors (Lipinski definition) is 2. The van der Waals surface area contributed by atoms with Crippen LogP contribution in [0.25, 0.3) is 0 Å². The van der Waals surface area contributed by atoms with Crippen LogP contribution in [0.1, 0.15) is 28.3 Å². The maximum absolute atomic E-state index is 14.0. The van der Waals surface area contributed by atoms with Gasteiger partial charge in [-0.05, 0) is 78.3 Å². The van der Waals surface area contributed by atoms with Crippen LogP contribution in [0.4, 0.5) is 24.5 Å². The Morgan fingerprint density at radius 1 is 0.959 bits per heavy atom. The monoisotopic (exact) mass is 745 g/mol. The van der Waals surface area contributed by atoms with E-state index in [-0.39, 0.29) is 46.1 Å². The number of nitrogens with one attached hydrogen (secondary N) is 2. The number of hydrogen-bond acceptors (Lipinski definition) is 7. The topological polar surface area (TPSA) is 109 Å². The molecule has 2 N–H and O–H groups in total. The van der Waals surface area contributed by atoms with Crippen molar-refractivity contribution in [1.29, 1.82) is 0 Å². The average molecular weight is 747 g/mol. The molecule has 4 aliphatic rings. The van der Waals surface area contributed by atoms with Crippen molar-refractivity contribution in [2.24, 2.45) is 29.6 Å². The largest absolute Gasteiger partial charge is 0.484 e. The summed E-state index contributed by atoms with van der Waals surface area (Å²) in [7, 11) is 0. The first-order chi connectivity index (χ1) is 23.4. The summed E-state index contributed by atoms with van der Waals surface area (Å²) in [4.78, 5) is 57.6. The van der Waals surface area contributed by atoms with E-state index in [0.29, 0.717) is 32.9 Å². The van der Waals surface area contributed by atoms with E-state index in [1.165, 1.54) is 30.0 Å². The van der Waals surface area contributed by atoms with Gasteiger partial charge in [0.2, 0.25) is 11.8 Å². The number of benzene rings is 3. The highest BCUT2D eigenvalue weighted by molar-refractivity contribution is 8.00. The molecule has 2 aliphatic carbocycles. The van der Waals surface area contributed by atoms with Crippen molar-refractivity contribution in [2.75, 3.05) is 16.8 Å². The van der Waals surface area contributed by atoms with Crippen molar-refractivity contribution in [3.8, 4) is 5.75 Å². The minimum atomic E-state index is -4.63. The van der Waals surface area contributed by atoms with Crippen LogP contribution in [-0.2, 0) is 20.6 Å². The minimum Gasteiger partial charge on any atom is -0.484 e. The number of carbonyl (C=O) groups is 3. The van der Waals surface area contributed by atoms with E-state index in [4.69, 9.17) is 27.9 Å². The van der Waals surface area contributed by atoms with Crippen LogP contribution in [0.5, 0.6) is 5.75 Å². The van der Waals surface area contributed by atoms with E-state index in [1.807, 2.05) is 12.1 Å². The number of aromatic amines is 1. The molecule has 49 heavy (non-hydrogen) atoms. The summed E-state index contributed by atoms with van der Waals surface area (Å²) in [5.74, 6) is -3.20. The Bertz CT molecular complexity index is 2110. The highest BCUT2D eigenvalue weighted by Crippen LogP contribution is 2.68. The predicted molar refractivity (Wildman–Crippen MR) is 179 cm³/mol. The number of nitrogens with zero attached hydrogens (tertiary/aromatic N) is 1. The maximum Gasteiger partial charge on any atom is 0.416 e. The van der Waals surface area contributed by atoms with Gasteiger partial charge in [-0.3, -0.25) is 24.1 Å². The highest BCUT2D eigenvalue weighted by atomic mass is 35.5. The number of fused-ring (bicyclic) bond motifs is 9. The van der Waals surface area contributed by atoms with Crippen LogP contribution in [0.2, 0.25) is 10.0 Å². The smallest absolute Gasteiger partial charge is 0.416 e. The Kier molecular flexibility index (Phi) is 7.89. The third-order valence-corrected chi connectivity index (χ3v) is 13.3. The molecule has 0 unspecified atom stereocenters. The molecule has 3 heterocycles. The van der Waals surface area contributed by atoms with Gasteiger partial charge in [-0.2, -0.15) is 13.2 Å². The van der Waals surface area contributed by atoms with E-state index in [0.717, 1.165) is 38.8 Å². The van der Waals surface area contributed by atoms with Crippen LogP contribution in [0.15, 0.2) is 76.6 Å². The second-order valence-corrected chi connectivity index (χ2v) is 15.6. The summed E-state index contributed by atoms with van der Waals surface area (Å²) in [6.07, 6.45) is -4.01. The number of ether oxygens (including phenoxy) is 1. The quantitative estimate of drug-likeness (QED) is 0.199. The van der Waals surface area contributed by atoms with Crippen molar-refractivity contribution in [2.45, 2.75) is 28.8 Å². The molecule has 3 aromatic carbocycles. The SMILES string of the molecule is O=C(COc1cccc([C@@H]2c3sc(=O)[nH]c3S[C@@H]3[C@@H]4C[C@@H]([C@@H]5C(=O)N(c6cccc(C(F)(F)F)c6)C(=O)[C@@H]45)[C@H]23)c1)Nc1ccc(Cl)c(Cl)c1. The molecular weight excluding hydrogens is 722 g/mol. The average Bonchev–Trinajstić information content (AvgIpc) is 3.80. The normalized spacial score (nSPS) is 26.8. The predicted octanol–water partition coefficient (Wildman–Crippen LogP) is 7.46. The molecule has 15 heteroatoms. The standard InChI is InChI=1S/C34H24Cl2F3N3O5S2/c35-21-8-7-16(11-22(21)36)40-23(43)13-47-18-6-1-3-14(9-18)24-25-19-12-20(28(25)48-30-29(24)49-33(46)41-30)27-26(19)31(44)42(32(27)45)17-5-2-4-15(10-17)34(37,38)39/h1-11,19-20,24-28H,12-13H2,(H,40,43)(H,41,46)/t19-,20-,24+,25-,26+,27+,28-/m1/s1. The number of thiazole rings is 1. The van der Waals surface area contributed by atoms with Crippen LogP contribution in [-0.4, -0.2) is 34.6 Å². The van der Waals surface area contributed by atoms with Crippen molar-refractivity contribution < 1.29 is 32.3 Å². The molecule has 8 rings (SSSR count). The van der Waals surface area contributed by atoms with E-state index >= 15 is 0 Å². The molecule has 2 bridgehead atoms. The fraction of sp³-hybridized carbons (Fsp3) is 0.294. The van der Waals surface area contributed by atoms with Gasteiger partial charge in [0.15, 0.2) is 6.61 Å². The molecule has 4 aromatic rings. The van der Waals surface area contributed by atoms with Gasteiger partial charge in [-0.25, -0.2) is 0 Å². The van der Waals surface area contributed by atoms with Gasteiger partial charge in [-0.15, -0.1) is 11.8 Å². The zero-order valence-corrected chi connectivity index (χ0v) is 28.1. The van der Waals surface area contributed by atoms with Gasteiger partial charge in [0.05, 0.1) is 38.2 Å². The molecule has 2 aliphatic heterocycles. The first-order valence-corrected chi connectivity index (χ1v) is 17.8. The van der Waals surface area contributed by atoms with Crippen LogP contribution >= 0.6 is 46.3 Å². The first-order valence-electron chi connectivity index (χ1n) is 15.3. The Balaban J connectivity index is 1.08. The number of alkyl halides is 3.